The Labute approximate surface area is 64.9 Å². The maximum absolute atomic E-state index is 10.4. The van der Waals surface area contributed by atoms with Gasteiger partial charge in [-0.3, -0.25) is 9.59 Å². The zero-order valence-electron chi connectivity index (χ0n) is 5.99. The van der Waals surface area contributed by atoms with Crippen molar-refractivity contribution < 1.29 is 9.59 Å². The molecule has 0 spiro atoms. The van der Waals surface area contributed by atoms with E-state index in [0.29, 0.717) is 23.9 Å². The third-order valence-electron chi connectivity index (χ3n) is 1.50. The Morgan fingerprint density at radius 2 is 2.00 bits per heavy atom. The number of carbonyl (C=O) groups is 2. The molecule has 0 radical (unpaired) electrons. The lowest BCUT2D eigenvalue weighted by Crippen LogP contribution is -1.90. The van der Waals surface area contributed by atoms with Crippen molar-refractivity contribution in [2.24, 2.45) is 0 Å². The first-order valence-corrected chi connectivity index (χ1v) is 3.35. The van der Waals surface area contributed by atoms with Crippen molar-refractivity contribution in [2.75, 3.05) is 0 Å². The normalized spacial score (nSPS) is 16.4. The monoisotopic (exact) mass is 148 g/mol. The van der Waals surface area contributed by atoms with Gasteiger partial charge in [0.15, 0.2) is 0 Å². The molecule has 0 saturated heterocycles. The molecule has 0 saturated carbocycles. The fourth-order valence-corrected chi connectivity index (χ4v) is 0.889. The van der Waals surface area contributed by atoms with E-state index < -0.39 is 0 Å². The van der Waals surface area contributed by atoms with Gasteiger partial charge in [0.1, 0.15) is 12.6 Å². The predicted octanol–water partition coefficient (Wildman–Crippen LogP) is 1.20. The molecule has 1 aliphatic carbocycles. The molecule has 0 aromatic rings. The van der Waals surface area contributed by atoms with Gasteiger partial charge in [-0.15, -0.1) is 0 Å². The second-order valence-corrected chi connectivity index (χ2v) is 2.21. The van der Waals surface area contributed by atoms with Crippen LogP contribution in [0.15, 0.2) is 35.5 Å². The summed E-state index contributed by atoms with van der Waals surface area (Å²) in [6.07, 6.45) is 9.03. The molecule has 0 aromatic heterocycles. The van der Waals surface area contributed by atoms with E-state index >= 15 is 0 Å². The van der Waals surface area contributed by atoms with E-state index in [0.717, 1.165) is 6.29 Å². The van der Waals surface area contributed by atoms with Crippen LogP contribution in [0, 0.1) is 0 Å². The van der Waals surface area contributed by atoms with Crippen LogP contribution in [0.25, 0.3) is 0 Å². The van der Waals surface area contributed by atoms with E-state index in [2.05, 4.69) is 0 Å². The molecular weight excluding hydrogens is 140 g/mol. The van der Waals surface area contributed by atoms with Gasteiger partial charge in [-0.25, -0.2) is 0 Å². The molecule has 0 amide bonds. The first kappa shape index (κ1) is 7.66. The molecular formula is C9H8O2. The van der Waals surface area contributed by atoms with Gasteiger partial charge in [0.2, 0.25) is 0 Å². The lowest BCUT2D eigenvalue weighted by atomic mass is 10.1. The SMILES string of the molecule is O=CC1=C(C=O)CC=CC=C1. The zero-order valence-corrected chi connectivity index (χ0v) is 5.99. The molecule has 1 rings (SSSR count). The van der Waals surface area contributed by atoms with Crippen LogP contribution < -0.4 is 0 Å². The third-order valence-corrected chi connectivity index (χ3v) is 1.50. The molecule has 0 N–H and O–H groups in total. The number of hydrogen-bond acceptors (Lipinski definition) is 2. The second kappa shape index (κ2) is 3.66. The highest BCUT2D eigenvalue weighted by molar-refractivity contribution is 5.89. The fourth-order valence-electron chi connectivity index (χ4n) is 0.889. The van der Waals surface area contributed by atoms with Gasteiger partial charge >= 0.3 is 0 Å². The highest BCUT2D eigenvalue weighted by Gasteiger charge is 2.01. The average Bonchev–Trinajstić information content (AvgIpc) is 2.27. The number of allylic oxidation sites excluding steroid dienone is 6. The Kier molecular flexibility index (Phi) is 2.55. The highest BCUT2D eigenvalue weighted by atomic mass is 16.1. The Hall–Kier alpha value is -1.44. The number of aldehydes is 2. The van der Waals surface area contributed by atoms with Crippen molar-refractivity contribution in [3.63, 3.8) is 0 Å². The van der Waals surface area contributed by atoms with E-state index in [9.17, 15) is 9.59 Å². The van der Waals surface area contributed by atoms with Crippen molar-refractivity contribution in [1.29, 1.82) is 0 Å². The van der Waals surface area contributed by atoms with Gasteiger partial charge in [-0.05, 0) is 6.42 Å². The van der Waals surface area contributed by atoms with Crippen LogP contribution in [-0.2, 0) is 9.59 Å². The summed E-state index contributed by atoms with van der Waals surface area (Å²) < 4.78 is 0. The van der Waals surface area contributed by atoms with Gasteiger partial charge in [0.05, 0.1) is 0 Å². The number of carbonyl (C=O) groups excluding carboxylic acids is 2. The molecule has 2 nitrogen and oxygen atoms in total. The Bertz CT molecular complexity index is 257. The minimum absolute atomic E-state index is 0.477. The largest absolute Gasteiger partial charge is 0.298 e. The summed E-state index contributed by atoms with van der Waals surface area (Å²) in [6, 6.07) is 0. The van der Waals surface area contributed by atoms with Crippen LogP contribution in [0.3, 0.4) is 0 Å². The minimum atomic E-state index is 0.477. The number of rotatable bonds is 2. The van der Waals surface area contributed by atoms with Gasteiger partial charge in [-0.1, -0.05) is 24.3 Å². The maximum Gasteiger partial charge on any atom is 0.150 e. The van der Waals surface area contributed by atoms with Gasteiger partial charge in [0, 0.05) is 11.1 Å². The summed E-state index contributed by atoms with van der Waals surface area (Å²) in [5.74, 6) is 0. The van der Waals surface area contributed by atoms with Crippen LogP contribution in [-0.4, -0.2) is 12.6 Å². The van der Waals surface area contributed by atoms with Crippen LogP contribution in [0.4, 0.5) is 0 Å². The van der Waals surface area contributed by atoms with Crippen LogP contribution in [0.1, 0.15) is 6.42 Å². The molecule has 0 fully saturated rings. The first-order chi connectivity index (χ1) is 5.38. The quantitative estimate of drug-likeness (QED) is 0.551. The van der Waals surface area contributed by atoms with E-state index in [1.54, 1.807) is 12.2 Å². The van der Waals surface area contributed by atoms with Crippen molar-refractivity contribution in [1.82, 2.24) is 0 Å². The van der Waals surface area contributed by atoms with Crippen LogP contribution >= 0.6 is 0 Å². The smallest absolute Gasteiger partial charge is 0.150 e. The van der Waals surface area contributed by atoms with E-state index in [1.165, 1.54) is 0 Å². The Morgan fingerprint density at radius 3 is 2.64 bits per heavy atom. The van der Waals surface area contributed by atoms with E-state index in [1.807, 2.05) is 12.2 Å². The minimum Gasteiger partial charge on any atom is -0.298 e. The Morgan fingerprint density at radius 1 is 1.18 bits per heavy atom. The number of hydrogen-bond donors (Lipinski definition) is 0. The van der Waals surface area contributed by atoms with Gasteiger partial charge in [0.25, 0.3) is 0 Å². The van der Waals surface area contributed by atoms with Crippen LogP contribution in [0.2, 0.25) is 0 Å². The van der Waals surface area contributed by atoms with Gasteiger partial charge in [-0.2, -0.15) is 0 Å². The average molecular weight is 148 g/mol. The summed E-state index contributed by atoms with van der Waals surface area (Å²) >= 11 is 0. The molecule has 0 bridgehead atoms. The highest BCUT2D eigenvalue weighted by Crippen LogP contribution is 2.10. The predicted molar refractivity (Wildman–Crippen MR) is 42.1 cm³/mol. The summed E-state index contributed by atoms with van der Waals surface area (Å²) in [6.45, 7) is 0. The molecule has 0 aliphatic heterocycles. The standard InChI is InChI=1S/C9H8O2/c10-6-8-4-2-1-3-5-9(8)7-11/h1-4,6-7H,5H2. The van der Waals surface area contributed by atoms with Crippen molar-refractivity contribution >= 4 is 12.6 Å². The topological polar surface area (TPSA) is 34.1 Å². The summed E-state index contributed by atoms with van der Waals surface area (Å²) in [5.41, 5.74) is 1.02. The molecule has 0 aromatic carbocycles. The molecule has 1 aliphatic rings. The van der Waals surface area contributed by atoms with Crippen molar-refractivity contribution in [3.8, 4) is 0 Å². The lowest BCUT2D eigenvalue weighted by molar-refractivity contribution is -0.107. The fraction of sp³-hybridized carbons (Fsp3) is 0.111. The summed E-state index contributed by atoms with van der Waals surface area (Å²) in [7, 11) is 0. The Balaban J connectivity index is 3.02. The molecule has 2 heteroatoms. The van der Waals surface area contributed by atoms with Gasteiger partial charge < -0.3 is 0 Å². The first-order valence-electron chi connectivity index (χ1n) is 3.35. The second-order valence-electron chi connectivity index (χ2n) is 2.21. The summed E-state index contributed by atoms with van der Waals surface area (Å²) in [4.78, 5) is 20.8. The van der Waals surface area contributed by atoms with E-state index in [4.69, 9.17) is 0 Å². The molecule has 11 heavy (non-hydrogen) atoms. The molecule has 0 heterocycles. The maximum atomic E-state index is 10.4. The third kappa shape index (κ3) is 1.74. The van der Waals surface area contributed by atoms with E-state index in [-0.39, 0.29) is 0 Å². The summed E-state index contributed by atoms with van der Waals surface area (Å²) in [5, 5.41) is 0. The van der Waals surface area contributed by atoms with Crippen molar-refractivity contribution in [2.45, 2.75) is 6.42 Å². The van der Waals surface area contributed by atoms with Crippen molar-refractivity contribution in [3.05, 3.63) is 35.5 Å². The molecule has 0 atom stereocenters. The molecule has 56 valence electrons. The van der Waals surface area contributed by atoms with Crippen LogP contribution in [0.5, 0.6) is 0 Å². The molecule has 0 unspecified atom stereocenters. The zero-order chi connectivity index (χ0) is 8.10. The lowest BCUT2D eigenvalue weighted by Gasteiger charge is -1.93.